The predicted octanol–water partition coefficient (Wildman–Crippen LogP) is 2.22. The Morgan fingerprint density at radius 1 is 1.19 bits per heavy atom. The molecule has 0 bridgehead atoms. The maximum absolute atomic E-state index is 11.4. The number of nitrogens with one attached hydrogen (secondary N) is 2. The second-order valence-electron chi connectivity index (χ2n) is 4.81. The first kappa shape index (κ1) is 13.1. The SMILES string of the molecule is Cc1ccccc1Nc1n[nH]c(-c2ccc(=O)n(C)c2)n1. The molecule has 6 heteroatoms. The van der Waals surface area contributed by atoms with Crippen molar-refractivity contribution in [3.63, 3.8) is 0 Å². The highest BCUT2D eigenvalue weighted by molar-refractivity contribution is 5.60. The minimum Gasteiger partial charge on any atom is -0.323 e. The topological polar surface area (TPSA) is 75.6 Å². The van der Waals surface area contributed by atoms with Crippen LogP contribution in [0, 0.1) is 6.92 Å². The summed E-state index contributed by atoms with van der Waals surface area (Å²) < 4.78 is 1.51. The standard InChI is InChI=1S/C15H15N5O/c1-10-5-3-4-6-12(10)16-15-17-14(18-19-15)11-7-8-13(21)20(2)9-11/h3-9H,1-2H3,(H2,16,17,18,19). The van der Waals surface area contributed by atoms with Gasteiger partial charge in [-0.2, -0.15) is 4.98 Å². The van der Waals surface area contributed by atoms with Crippen molar-refractivity contribution in [1.29, 1.82) is 0 Å². The first-order chi connectivity index (χ1) is 10.1. The number of aromatic nitrogens is 4. The van der Waals surface area contributed by atoms with Crippen molar-refractivity contribution in [2.24, 2.45) is 7.05 Å². The molecule has 0 fully saturated rings. The molecular formula is C15H15N5O. The van der Waals surface area contributed by atoms with Crippen LogP contribution in [0.4, 0.5) is 11.6 Å². The lowest BCUT2D eigenvalue weighted by molar-refractivity contribution is 0.860. The number of aryl methyl sites for hydroxylation is 2. The van der Waals surface area contributed by atoms with E-state index < -0.39 is 0 Å². The van der Waals surface area contributed by atoms with Crippen LogP contribution in [0.3, 0.4) is 0 Å². The summed E-state index contributed by atoms with van der Waals surface area (Å²) in [5, 5.41) is 10.2. The van der Waals surface area contributed by atoms with E-state index in [0.29, 0.717) is 11.8 Å². The van der Waals surface area contributed by atoms with E-state index in [1.54, 1.807) is 19.3 Å². The summed E-state index contributed by atoms with van der Waals surface area (Å²) in [5.41, 5.74) is 2.83. The van der Waals surface area contributed by atoms with Crippen LogP contribution in [-0.2, 0) is 7.05 Å². The molecule has 3 aromatic rings. The fraction of sp³-hybridized carbons (Fsp3) is 0.133. The molecular weight excluding hydrogens is 266 g/mol. The second-order valence-corrected chi connectivity index (χ2v) is 4.81. The van der Waals surface area contributed by atoms with Crippen molar-refractivity contribution in [3.05, 3.63) is 58.5 Å². The third-order valence-electron chi connectivity index (χ3n) is 3.24. The molecule has 106 valence electrons. The number of benzene rings is 1. The van der Waals surface area contributed by atoms with Crippen LogP contribution in [0.1, 0.15) is 5.56 Å². The van der Waals surface area contributed by atoms with Crippen molar-refractivity contribution in [2.45, 2.75) is 6.92 Å². The number of pyridine rings is 1. The number of H-pyrrole nitrogens is 1. The predicted molar refractivity (Wildman–Crippen MR) is 81.5 cm³/mol. The average molecular weight is 281 g/mol. The van der Waals surface area contributed by atoms with E-state index in [1.165, 1.54) is 10.6 Å². The van der Waals surface area contributed by atoms with Crippen LogP contribution in [-0.4, -0.2) is 19.7 Å². The molecule has 0 aliphatic carbocycles. The largest absolute Gasteiger partial charge is 0.323 e. The number of aromatic amines is 1. The van der Waals surface area contributed by atoms with Gasteiger partial charge in [0.1, 0.15) is 0 Å². The van der Waals surface area contributed by atoms with Gasteiger partial charge < -0.3 is 9.88 Å². The van der Waals surface area contributed by atoms with E-state index in [0.717, 1.165) is 16.8 Å². The Morgan fingerprint density at radius 3 is 2.76 bits per heavy atom. The van der Waals surface area contributed by atoms with E-state index in [4.69, 9.17) is 0 Å². The Kier molecular flexibility index (Phi) is 3.27. The van der Waals surface area contributed by atoms with E-state index in [2.05, 4.69) is 20.5 Å². The minimum absolute atomic E-state index is 0.0588. The third kappa shape index (κ3) is 2.69. The Morgan fingerprint density at radius 2 is 2.00 bits per heavy atom. The van der Waals surface area contributed by atoms with Crippen molar-refractivity contribution < 1.29 is 0 Å². The highest BCUT2D eigenvalue weighted by Crippen LogP contribution is 2.19. The molecule has 0 radical (unpaired) electrons. The summed E-state index contributed by atoms with van der Waals surface area (Å²) in [6.45, 7) is 2.02. The van der Waals surface area contributed by atoms with E-state index in [9.17, 15) is 4.79 Å². The van der Waals surface area contributed by atoms with E-state index >= 15 is 0 Å². The first-order valence-electron chi connectivity index (χ1n) is 6.55. The molecule has 0 amide bonds. The van der Waals surface area contributed by atoms with Gasteiger partial charge in [0, 0.05) is 30.6 Å². The second kappa shape index (κ2) is 5.24. The summed E-state index contributed by atoms with van der Waals surface area (Å²) in [4.78, 5) is 15.8. The number of nitrogens with zero attached hydrogens (tertiary/aromatic N) is 3. The number of anilines is 2. The summed E-state index contributed by atoms with van der Waals surface area (Å²) in [6, 6.07) is 11.2. The monoisotopic (exact) mass is 281 g/mol. The summed E-state index contributed by atoms with van der Waals surface area (Å²) >= 11 is 0. The molecule has 0 spiro atoms. The van der Waals surface area contributed by atoms with Gasteiger partial charge in [-0.15, -0.1) is 5.10 Å². The van der Waals surface area contributed by atoms with Gasteiger partial charge in [0.05, 0.1) is 0 Å². The van der Waals surface area contributed by atoms with Gasteiger partial charge in [-0.1, -0.05) is 18.2 Å². The maximum atomic E-state index is 11.4. The molecule has 6 nitrogen and oxygen atoms in total. The van der Waals surface area contributed by atoms with Gasteiger partial charge in [0.15, 0.2) is 5.82 Å². The number of rotatable bonds is 3. The van der Waals surface area contributed by atoms with Gasteiger partial charge in [0.2, 0.25) is 11.5 Å². The van der Waals surface area contributed by atoms with Gasteiger partial charge >= 0.3 is 0 Å². The number of hydrogen-bond acceptors (Lipinski definition) is 4. The van der Waals surface area contributed by atoms with E-state index in [1.807, 2.05) is 31.2 Å². The minimum atomic E-state index is -0.0588. The Labute approximate surface area is 121 Å². The summed E-state index contributed by atoms with van der Waals surface area (Å²) in [6.07, 6.45) is 1.72. The van der Waals surface area contributed by atoms with Gasteiger partial charge in [0.25, 0.3) is 0 Å². The van der Waals surface area contributed by atoms with Crippen LogP contribution >= 0.6 is 0 Å². The smallest absolute Gasteiger partial charge is 0.250 e. The van der Waals surface area contributed by atoms with Crippen molar-refractivity contribution >= 4 is 11.6 Å². The zero-order valence-electron chi connectivity index (χ0n) is 11.8. The van der Waals surface area contributed by atoms with Gasteiger partial charge in [-0.05, 0) is 24.6 Å². The van der Waals surface area contributed by atoms with Crippen LogP contribution in [0.5, 0.6) is 0 Å². The Bertz CT molecular complexity index is 834. The molecule has 0 aliphatic heterocycles. The molecule has 2 aromatic heterocycles. The van der Waals surface area contributed by atoms with Crippen LogP contribution in [0.15, 0.2) is 47.4 Å². The fourth-order valence-corrected chi connectivity index (χ4v) is 2.01. The maximum Gasteiger partial charge on any atom is 0.250 e. The molecule has 0 saturated heterocycles. The lowest BCUT2D eigenvalue weighted by atomic mass is 10.2. The molecule has 0 aliphatic rings. The average Bonchev–Trinajstić information content (AvgIpc) is 2.93. The zero-order chi connectivity index (χ0) is 14.8. The van der Waals surface area contributed by atoms with Crippen molar-refractivity contribution in [2.75, 3.05) is 5.32 Å². The molecule has 2 heterocycles. The summed E-state index contributed by atoms with van der Waals surface area (Å²) in [7, 11) is 1.70. The number of para-hydroxylation sites is 1. The van der Waals surface area contributed by atoms with Crippen LogP contribution < -0.4 is 10.9 Å². The molecule has 0 saturated carbocycles. The third-order valence-corrected chi connectivity index (χ3v) is 3.24. The normalized spacial score (nSPS) is 10.6. The molecule has 0 unspecified atom stereocenters. The van der Waals surface area contributed by atoms with Gasteiger partial charge in [-0.3, -0.25) is 9.89 Å². The Hall–Kier alpha value is -2.89. The molecule has 3 rings (SSSR count). The molecule has 0 atom stereocenters. The van der Waals surface area contributed by atoms with Crippen LogP contribution in [0.2, 0.25) is 0 Å². The molecule has 1 aromatic carbocycles. The lowest BCUT2D eigenvalue weighted by Crippen LogP contribution is -2.14. The fourth-order valence-electron chi connectivity index (χ4n) is 2.01. The number of hydrogen-bond donors (Lipinski definition) is 2. The van der Waals surface area contributed by atoms with Crippen molar-refractivity contribution in [1.82, 2.24) is 19.7 Å². The van der Waals surface area contributed by atoms with Crippen molar-refractivity contribution in [3.8, 4) is 11.4 Å². The quantitative estimate of drug-likeness (QED) is 0.772. The highest BCUT2D eigenvalue weighted by atomic mass is 16.1. The first-order valence-corrected chi connectivity index (χ1v) is 6.55. The molecule has 21 heavy (non-hydrogen) atoms. The molecule has 2 N–H and O–H groups in total. The lowest BCUT2D eigenvalue weighted by Gasteiger charge is -2.04. The Balaban J connectivity index is 1.88. The van der Waals surface area contributed by atoms with E-state index in [-0.39, 0.29) is 5.56 Å². The van der Waals surface area contributed by atoms with Crippen LogP contribution in [0.25, 0.3) is 11.4 Å². The summed E-state index contributed by atoms with van der Waals surface area (Å²) in [5.74, 6) is 1.11. The highest BCUT2D eigenvalue weighted by Gasteiger charge is 2.07. The zero-order valence-corrected chi connectivity index (χ0v) is 11.8. The van der Waals surface area contributed by atoms with Gasteiger partial charge in [-0.25, -0.2) is 0 Å².